The maximum absolute atomic E-state index is 12.8. The Labute approximate surface area is 168 Å². The van der Waals surface area contributed by atoms with Crippen LogP contribution >= 0.6 is 0 Å². The largest absolute Gasteiger partial charge is 0.460 e. The van der Waals surface area contributed by atoms with Crippen molar-refractivity contribution in [2.45, 2.75) is 38.7 Å². The quantitative estimate of drug-likeness (QED) is 0.457. The molecule has 1 aliphatic rings. The maximum Gasteiger partial charge on any atom is 0.340 e. The molecule has 1 aromatic heterocycles. The predicted molar refractivity (Wildman–Crippen MR) is 108 cm³/mol. The Kier molecular flexibility index (Phi) is 5.36. The Hall–Kier alpha value is -3.12. The van der Waals surface area contributed by atoms with Crippen molar-refractivity contribution in [3.8, 4) is 17.2 Å². The molecule has 1 unspecified atom stereocenters. The Morgan fingerprint density at radius 2 is 1.97 bits per heavy atom. The van der Waals surface area contributed by atoms with E-state index in [9.17, 15) is 9.59 Å². The highest BCUT2D eigenvalue weighted by Gasteiger charge is 2.25. The van der Waals surface area contributed by atoms with Gasteiger partial charge in [0.05, 0.1) is 5.39 Å². The van der Waals surface area contributed by atoms with Crippen molar-refractivity contribution in [1.29, 1.82) is 0 Å². The number of benzene rings is 2. The fourth-order valence-corrected chi connectivity index (χ4v) is 3.34. The van der Waals surface area contributed by atoms with E-state index in [0.29, 0.717) is 35.5 Å². The fraction of sp³-hybridized carbons (Fsp3) is 0.304. The van der Waals surface area contributed by atoms with Crippen LogP contribution in [0.5, 0.6) is 17.2 Å². The minimum atomic E-state index is -0.533. The van der Waals surface area contributed by atoms with Gasteiger partial charge in [-0.2, -0.15) is 0 Å². The van der Waals surface area contributed by atoms with E-state index >= 15 is 0 Å². The van der Waals surface area contributed by atoms with Gasteiger partial charge in [-0.3, -0.25) is 4.79 Å². The van der Waals surface area contributed by atoms with Crippen LogP contribution in [-0.4, -0.2) is 18.7 Å². The third-order valence-corrected chi connectivity index (χ3v) is 4.89. The van der Waals surface area contributed by atoms with E-state index < -0.39 is 12.1 Å². The first-order valence-electron chi connectivity index (χ1n) is 9.68. The molecule has 0 aliphatic carbocycles. The van der Waals surface area contributed by atoms with Crippen LogP contribution in [0.3, 0.4) is 0 Å². The Morgan fingerprint density at radius 1 is 1.14 bits per heavy atom. The van der Waals surface area contributed by atoms with Crippen molar-refractivity contribution in [3.05, 3.63) is 64.5 Å². The predicted octanol–water partition coefficient (Wildman–Crippen LogP) is 4.79. The second-order valence-corrected chi connectivity index (χ2v) is 7.30. The first-order chi connectivity index (χ1) is 14.0. The summed E-state index contributed by atoms with van der Waals surface area (Å²) in [5, 5.41) is 0.349. The number of ether oxygens (including phenoxy) is 3. The van der Waals surface area contributed by atoms with Gasteiger partial charge in [0.15, 0.2) is 6.10 Å². The molecule has 4 rings (SSSR count). The Bertz CT molecular complexity index is 1090. The molecule has 1 fully saturated rings. The SMILES string of the molecule is CC(C)c1ccccc1Oc1coc2cc(OC(=O)C3CCCO3)ccc2c1=O. The highest BCUT2D eigenvalue weighted by Crippen LogP contribution is 2.30. The summed E-state index contributed by atoms with van der Waals surface area (Å²) in [7, 11) is 0. The number of esters is 1. The molecular formula is C23H22O6. The molecule has 0 bridgehead atoms. The number of hydrogen-bond acceptors (Lipinski definition) is 6. The van der Waals surface area contributed by atoms with Crippen LogP contribution in [0, 0.1) is 0 Å². The molecule has 0 N–H and O–H groups in total. The minimum Gasteiger partial charge on any atom is -0.460 e. The zero-order valence-electron chi connectivity index (χ0n) is 16.3. The third-order valence-electron chi connectivity index (χ3n) is 4.89. The molecule has 3 aromatic rings. The molecule has 0 spiro atoms. The summed E-state index contributed by atoms with van der Waals surface area (Å²) in [4.78, 5) is 24.9. The lowest BCUT2D eigenvalue weighted by molar-refractivity contribution is -0.144. The van der Waals surface area contributed by atoms with Crippen LogP contribution in [0.2, 0.25) is 0 Å². The Balaban J connectivity index is 1.60. The summed E-state index contributed by atoms with van der Waals surface area (Å²) in [5.41, 5.74) is 1.03. The zero-order valence-corrected chi connectivity index (χ0v) is 16.3. The first-order valence-corrected chi connectivity index (χ1v) is 9.68. The highest BCUT2D eigenvalue weighted by atomic mass is 16.6. The average molecular weight is 394 g/mol. The molecule has 150 valence electrons. The van der Waals surface area contributed by atoms with E-state index in [0.717, 1.165) is 12.0 Å². The number of hydrogen-bond donors (Lipinski definition) is 0. The van der Waals surface area contributed by atoms with Crippen LogP contribution in [-0.2, 0) is 9.53 Å². The van der Waals surface area contributed by atoms with Gasteiger partial charge in [0, 0.05) is 12.7 Å². The van der Waals surface area contributed by atoms with E-state index in [2.05, 4.69) is 13.8 Å². The topological polar surface area (TPSA) is 75.0 Å². The number of para-hydroxylation sites is 1. The summed E-state index contributed by atoms with van der Waals surface area (Å²) in [6, 6.07) is 12.3. The summed E-state index contributed by atoms with van der Waals surface area (Å²) in [5.74, 6) is 0.847. The average Bonchev–Trinajstić information content (AvgIpc) is 3.25. The van der Waals surface area contributed by atoms with E-state index in [-0.39, 0.29) is 17.1 Å². The normalized spacial score (nSPS) is 16.3. The van der Waals surface area contributed by atoms with Gasteiger partial charge in [0.25, 0.3) is 0 Å². The van der Waals surface area contributed by atoms with Crippen LogP contribution in [0.1, 0.15) is 38.2 Å². The lowest BCUT2D eigenvalue weighted by Crippen LogP contribution is -2.24. The molecule has 1 saturated heterocycles. The van der Waals surface area contributed by atoms with Crippen molar-refractivity contribution in [2.75, 3.05) is 6.61 Å². The van der Waals surface area contributed by atoms with Gasteiger partial charge < -0.3 is 18.6 Å². The van der Waals surface area contributed by atoms with Crippen LogP contribution in [0.4, 0.5) is 0 Å². The second-order valence-electron chi connectivity index (χ2n) is 7.30. The molecule has 1 aliphatic heterocycles. The highest BCUT2D eigenvalue weighted by molar-refractivity contribution is 5.82. The fourth-order valence-electron chi connectivity index (χ4n) is 3.34. The summed E-state index contributed by atoms with van der Waals surface area (Å²) in [6.07, 6.45) is 2.25. The van der Waals surface area contributed by atoms with Crippen molar-refractivity contribution >= 4 is 16.9 Å². The van der Waals surface area contributed by atoms with E-state index in [1.807, 2.05) is 24.3 Å². The number of carbonyl (C=O) groups excluding carboxylic acids is 1. The maximum atomic E-state index is 12.8. The molecule has 0 amide bonds. The van der Waals surface area contributed by atoms with Gasteiger partial charge >= 0.3 is 5.97 Å². The number of fused-ring (bicyclic) bond motifs is 1. The summed E-state index contributed by atoms with van der Waals surface area (Å²) < 4.78 is 22.1. The van der Waals surface area contributed by atoms with E-state index in [1.54, 1.807) is 12.1 Å². The molecule has 1 atom stereocenters. The van der Waals surface area contributed by atoms with E-state index in [1.165, 1.54) is 12.3 Å². The van der Waals surface area contributed by atoms with Gasteiger partial charge in [-0.15, -0.1) is 0 Å². The number of rotatable bonds is 5. The standard InChI is InChI=1S/C23H22O6/c1-14(2)16-6-3-4-7-18(16)29-21-13-27-20-12-15(9-10-17(20)22(21)24)28-23(25)19-8-5-11-26-19/h3-4,6-7,9-10,12-14,19H,5,8,11H2,1-2H3. The molecule has 2 aromatic carbocycles. The van der Waals surface area contributed by atoms with E-state index in [4.69, 9.17) is 18.6 Å². The molecule has 0 radical (unpaired) electrons. The van der Waals surface area contributed by atoms with Gasteiger partial charge in [0.2, 0.25) is 11.2 Å². The zero-order chi connectivity index (χ0) is 20.4. The monoisotopic (exact) mass is 394 g/mol. The van der Waals surface area contributed by atoms with Crippen LogP contribution in [0.15, 0.2) is 57.9 Å². The van der Waals surface area contributed by atoms with Crippen molar-refractivity contribution in [2.24, 2.45) is 0 Å². The smallest absolute Gasteiger partial charge is 0.340 e. The lowest BCUT2D eigenvalue weighted by atomic mass is 10.0. The molecule has 29 heavy (non-hydrogen) atoms. The molecule has 6 nitrogen and oxygen atoms in total. The summed E-state index contributed by atoms with van der Waals surface area (Å²) >= 11 is 0. The first kappa shape index (κ1) is 19.2. The van der Waals surface area contributed by atoms with Gasteiger partial charge in [-0.25, -0.2) is 4.79 Å². The molecule has 0 saturated carbocycles. The third kappa shape index (κ3) is 4.03. The molecular weight excluding hydrogens is 372 g/mol. The lowest BCUT2D eigenvalue weighted by Gasteiger charge is -2.13. The van der Waals surface area contributed by atoms with Gasteiger partial charge in [-0.05, 0) is 42.5 Å². The van der Waals surface area contributed by atoms with Crippen molar-refractivity contribution < 1.29 is 23.4 Å². The van der Waals surface area contributed by atoms with Crippen molar-refractivity contribution in [3.63, 3.8) is 0 Å². The van der Waals surface area contributed by atoms with Crippen LogP contribution < -0.4 is 14.9 Å². The van der Waals surface area contributed by atoms with Crippen LogP contribution in [0.25, 0.3) is 11.0 Å². The minimum absolute atomic E-state index is 0.106. The van der Waals surface area contributed by atoms with Gasteiger partial charge in [-0.1, -0.05) is 32.0 Å². The molecule has 6 heteroatoms. The van der Waals surface area contributed by atoms with Crippen molar-refractivity contribution in [1.82, 2.24) is 0 Å². The second kappa shape index (κ2) is 8.09. The Morgan fingerprint density at radius 3 is 2.72 bits per heavy atom. The molecule has 2 heterocycles. The number of carbonyl (C=O) groups is 1. The summed E-state index contributed by atoms with van der Waals surface area (Å²) in [6.45, 7) is 4.68. The van der Waals surface area contributed by atoms with Gasteiger partial charge in [0.1, 0.15) is 23.3 Å².